The predicted molar refractivity (Wildman–Crippen MR) is 60.0 cm³/mol. The van der Waals surface area contributed by atoms with Crippen LogP contribution < -0.4 is 10.6 Å². The van der Waals surface area contributed by atoms with Crippen LogP contribution in [0.1, 0.15) is 19.8 Å². The Labute approximate surface area is 100 Å². The molecule has 0 aromatic heterocycles. The van der Waals surface area contributed by atoms with Gasteiger partial charge in [0.15, 0.2) is 0 Å². The van der Waals surface area contributed by atoms with E-state index in [0.717, 1.165) is 32.6 Å². The van der Waals surface area contributed by atoms with Gasteiger partial charge in [0.25, 0.3) is 0 Å². The summed E-state index contributed by atoms with van der Waals surface area (Å²) < 4.78 is 40.7. The summed E-state index contributed by atoms with van der Waals surface area (Å²) in [5.41, 5.74) is 0.224. The third-order valence-corrected chi connectivity index (χ3v) is 3.06. The van der Waals surface area contributed by atoms with Crippen molar-refractivity contribution < 1.29 is 17.9 Å². The third-order valence-electron chi connectivity index (χ3n) is 3.06. The van der Waals surface area contributed by atoms with E-state index in [-0.39, 0.29) is 5.41 Å². The molecule has 102 valence electrons. The SMILES string of the molecule is CC1(CNCCNCC(F)(F)F)CCOCC1. The molecule has 0 unspecified atom stereocenters. The van der Waals surface area contributed by atoms with Crippen molar-refractivity contribution in [1.29, 1.82) is 0 Å². The Morgan fingerprint density at radius 1 is 1.12 bits per heavy atom. The summed E-state index contributed by atoms with van der Waals surface area (Å²) in [6, 6.07) is 0. The fraction of sp³-hybridized carbons (Fsp3) is 1.00. The lowest BCUT2D eigenvalue weighted by atomic mass is 9.82. The summed E-state index contributed by atoms with van der Waals surface area (Å²) >= 11 is 0. The molecule has 0 spiro atoms. The Kier molecular flexibility index (Phi) is 5.69. The van der Waals surface area contributed by atoms with Crippen LogP contribution in [0.15, 0.2) is 0 Å². The number of nitrogens with one attached hydrogen (secondary N) is 2. The Hall–Kier alpha value is -0.330. The second kappa shape index (κ2) is 6.56. The maximum Gasteiger partial charge on any atom is 0.401 e. The molecule has 2 N–H and O–H groups in total. The van der Waals surface area contributed by atoms with Crippen LogP contribution >= 0.6 is 0 Å². The van der Waals surface area contributed by atoms with Gasteiger partial charge >= 0.3 is 6.18 Å². The van der Waals surface area contributed by atoms with Crippen molar-refractivity contribution in [2.75, 3.05) is 39.4 Å². The zero-order chi connectivity index (χ0) is 12.8. The lowest BCUT2D eigenvalue weighted by molar-refractivity contribution is -0.124. The fourth-order valence-corrected chi connectivity index (χ4v) is 1.84. The van der Waals surface area contributed by atoms with E-state index < -0.39 is 12.7 Å². The van der Waals surface area contributed by atoms with Gasteiger partial charge < -0.3 is 15.4 Å². The van der Waals surface area contributed by atoms with E-state index >= 15 is 0 Å². The van der Waals surface area contributed by atoms with Crippen molar-refractivity contribution in [2.45, 2.75) is 25.9 Å². The van der Waals surface area contributed by atoms with Gasteiger partial charge in [-0.1, -0.05) is 6.92 Å². The van der Waals surface area contributed by atoms with Crippen molar-refractivity contribution in [1.82, 2.24) is 10.6 Å². The normalized spacial score (nSPS) is 20.5. The highest BCUT2D eigenvalue weighted by Crippen LogP contribution is 2.28. The highest BCUT2D eigenvalue weighted by molar-refractivity contribution is 4.79. The van der Waals surface area contributed by atoms with Gasteiger partial charge in [-0.15, -0.1) is 0 Å². The molecule has 1 rings (SSSR count). The van der Waals surface area contributed by atoms with Crippen LogP contribution in [0, 0.1) is 5.41 Å². The highest BCUT2D eigenvalue weighted by Gasteiger charge is 2.27. The van der Waals surface area contributed by atoms with Gasteiger partial charge in [-0.05, 0) is 18.3 Å². The maximum atomic E-state index is 11.8. The first-order chi connectivity index (χ1) is 7.91. The van der Waals surface area contributed by atoms with Gasteiger partial charge in [0.05, 0.1) is 6.54 Å². The number of halogens is 3. The van der Waals surface area contributed by atoms with Gasteiger partial charge in [-0.3, -0.25) is 0 Å². The average molecular weight is 254 g/mol. The first kappa shape index (κ1) is 14.7. The van der Waals surface area contributed by atoms with E-state index in [9.17, 15) is 13.2 Å². The Morgan fingerprint density at radius 3 is 2.29 bits per heavy atom. The van der Waals surface area contributed by atoms with Gasteiger partial charge in [-0.2, -0.15) is 13.2 Å². The minimum atomic E-state index is -4.12. The summed E-state index contributed by atoms with van der Waals surface area (Å²) in [4.78, 5) is 0. The lowest BCUT2D eigenvalue weighted by Gasteiger charge is -2.33. The van der Waals surface area contributed by atoms with E-state index in [1.54, 1.807) is 0 Å². The number of ether oxygens (including phenoxy) is 1. The zero-order valence-electron chi connectivity index (χ0n) is 10.2. The van der Waals surface area contributed by atoms with Gasteiger partial charge in [0.1, 0.15) is 0 Å². The monoisotopic (exact) mass is 254 g/mol. The molecule has 0 bridgehead atoms. The van der Waals surface area contributed by atoms with Crippen LogP contribution in [0.4, 0.5) is 13.2 Å². The smallest absolute Gasteiger partial charge is 0.381 e. The molecule has 0 aromatic rings. The fourth-order valence-electron chi connectivity index (χ4n) is 1.84. The molecule has 1 aliphatic rings. The molecular formula is C11H21F3N2O. The zero-order valence-corrected chi connectivity index (χ0v) is 10.2. The Balaban J connectivity index is 2.00. The third kappa shape index (κ3) is 6.85. The summed E-state index contributed by atoms with van der Waals surface area (Å²) in [5, 5.41) is 5.56. The number of hydrogen-bond acceptors (Lipinski definition) is 3. The minimum Gasteiger partial charge on any atom is -0.381 e. The first-order valence-corrected chi connectivity index (χ1v) is 5.97. The standard InChI is InChI=1S/C11H21F3N2O/c1-10(2-6-17-7-3-10)8-15-4-5-16-9-11(12,13)14/h15-16H,2-9H2,1H3. The molecule has 1 heterocycles. The van der Waals surface area contributed by atoms with Crippen molar-refractivity contribution >= 4 is 0 Å². The van der Waals surface area contributed by atoms with E-state index in [0.29, 0.717) is 13.1 Å². The van der Waals surface area contributed by atoms with Gasteiger partial charge in [0, 0.05) is 32.8 Å². The van der Waals surface area contributed by atoms with Crippen molar-refractivity contribution in [3.8, 4) is 0 Å². The molecule has 1 aliphatic heterocycles. The maximum absolute atomic E-state index is 11.8. The Morgan fingerprint density at radius 2 is 1.71 bits per heavy atom. The lowest BCUT2D eigenvalue weighted by Crippen LogP contribution is -2.40. The molecule has 17 heavy (non-hydrogen) atoms. The van der Waals surface area contributed by atoms with Crippen molar-refractivity contribution in [3.63, 3.8) is 0 Å². The van der Waals surface area contributed by atoms with E-state index in [4.69, 9.17) is 4.74 Å². The molecule has 0 aliphatic carbocycles. The molecule has 0 atom stereocenters. The van der Waals surface area contributed by atoms with E-state index in [1.165, 1.54) is 0 Å². The van der Waals surface area contributed by atoms with Crippen LogP contribution in [0.2, 0.25) is 0 Å². The van der Waals surface area contributed by atoms with Crippen LogP contribution in [-0.4, -0.2) is 45.6 Å². The van der Waals surface area contributed by atoms with Crippen LogP contribution in [0.5, 0.6) is 0 Å². The summed E-state index contributed by atoms with van der Waals surface area (Å²) in [6.45, 7) is 4.57. The molecule has 0 aromatic carbocycles. The molecule has 6 heteroatoms. The quantitative estimate of drug-likeness (QED) is 0.705. The van der Waals surface area contributed by atoms with Crippen LogP contribution in [0.25, 0.3) is 0 Å². The highest BCUT2D eigenvalue weighted by atomic mass is 19.4. The van der Waals surface area contributed by atoms with Crippen molar-refractivity contribution in [2.24, 2.45) is 5.41 Å². The number of rotatable bonds is 6. The van der Waals surface area contributed by atoms with Gasteiger partial charge in [0.2, 0.25) is 0 Å². The summed E-state index contributed by atoms with van der Waals surface area (Å²) in [7, 11) is 0. The van der Waals surface area contributed by atoms with E-state index in [2.05, 4.69) is 17.6 Å². The average Bonchev–Trinajstić information content (AvgIpc) is 2.23. The largest absolute Gasteiger partial charge is 0.401 e. The predicted octanol–water partition coefficient (Wildman–Crippen LogP) is 1.54. The first-order valence-electron chi connectivity index (χ1n) is 5.97. The molecular weight excluding hydrogens is 233 g/mol. The minimum absolute atomic E-state index is 0.224. The molecule has 0 amide bonds. The molecule has 0 radical (unpaired) electrons. The van der Waals surface area contributed by atoms with Crippen molar-refractivity contribution in [3.05, 3.63) is 0 Å². The summed E-state index contributed by atoms with van der Waals surface area (Å²) in [6.07, 6.45) is -2.10. The van der Waals surface area contributed by atoms with Gasteiger partial charge in [-0.25, -0.2) is 0 Å². The Bertz CT molecular complexity index is 215. The second-order valence-corrected chi connectivity index (χ2v) is 4.89. The number of alkyl halides is 3. The van der Waals surface area contributed by atoms with E-state index in [1.807, 2.05) is 0 Å². The van der Waals surface area contributed by atoms with Crippen LogP contribution in [0.3, 0.4) is 0 Å². The molecule has 3 nitrogen and oxygen atoms in total. The van der Waals surface area contributed by atoms with Crippen LogP contribution in [-0.2, 0) is 4.74 Å². The molecule has 1 fully saturated rings. The topological polar surface area (TPSA) is 33.3 Å². The summed E-state index contributed by atoms with van der Waals surface area (Å²) in [5.74, 6) is 0. The second-order valence-electron chi connectivity index (χ2n) is 4.89. The molecule has 0 saturated carbocycles. The molecule has 1 saturated heterocycles. The number of hydrogen-bond donors (Lipinski definition) is 2.